The molecule has 2 aromatic rings. The van der Waals surface area contributed by atoms with Crippen molar-refractivity contribution in [3.63, 3.8) is 0 Å². The SMILES string of the molecule is Cc1nc(Cc2ccccc2)sc1C(=O)NCC1CNC1.Cl.Cl. The first-order chi connectivity index (χ1) is 10.2. The molecule has 1 aromatic carbocycles. The van der Waals surface area contributed by atoms with E-state index >= 15 is 0 Å². The second-order valence-corrected chi connectivity index (χ2v) is 6.50. The molecule has 0 spiro atoms. The van der Waals surface area contributed by atoms with Crippen LogP contribution in [0.5, 0.6) is 0 Å². The standard InChI is InChI=1S/C16H19N3OS.2ClH/c1-11-15(16(20)18-10-13-8-17-9-13)21-14(19-11)7-12-5-3-2-4-6-12;;/h2-6,13,17H,7-10H2,1H3,(H,18,20);2*1H. The van der Waals surface area contributed by atoms with Gasteiger partial charge in [-0.15, -0.1) is 36.2 Å². The third kappa shape index (κ3) is 5.18. The molecule has 0 radical (unpaired) electrons. The summed E-state index contributed by atoms with van der Waals surface area (Å²) >= 11 is 1.50. The molecular weight excluding hydrogens is 353 g/mol. The number of nitrogens with zero attached hydrogens (tertiary/aromatic N) is 1. The molecule has 0 bridgehead atoms. The molecule has 126 valence electrons. The highest BCUT2D eigenvalue weighted by Gasteiger charge is 2.20. The average Bonchev–Trinajstić information content (AvgIpc) is 2.79. The Labute approximate surface area is 152 Å². The van der Waals surface area contributed by atoms with Gasteiger partial charge in [0.2, 0.25) is 0 Å². The van der Waals surface area contributed by atoms with Gasteiger partial charge >= 0.3 is 0 Å². The Hall–Kier alpha value is -1.14. The fourth-order valence-corrected chi connectivity index (χ4v) is 3.33. The molecule has 1 fully saturated rings. The van der Waals surface area contributed by atoms with Crippen LogP contribution < -0.4 is 10.6 Å². The van der Waals surface area contributed by atoms with Crippen LogP contribution in [0.25, 0.3) is 0 Å². The maximum atomic E-state index is 12.2. The number of halogens is 2. The predicted octanol–water partition coefficient (Wildman–Crippen LogP) is 2.84. The fraction of sp³-hybridized carbons (Fsp3) is 0.375. The fourth-order valence-electron chi connectivity index (χ4n) is 2.32. The zero-order chi connectivity index (χ0) is 14.7. The van der Waals surface area contributed by atoms with E-state index < -0.39 is 0 Å². The van der Waals surface area contributed by atoms with Gasteiger partial charge in [-0.1, -0.05) is 30.3 Å². The minimum absolute atomic E-state index is 0. The lowest BCUT2D eigenvalue weighted by atomic mass is 10.0. The number of aryl methyl sites for hydroxylation is 1. The first kappa shape index (κ1) is 19.9. The van der Waals surface area contributed by atoms with E-state index in [9.17, 15) is 4.79 Å². The van der Waals surface area contributed by atoms with Crippen molar-refractivity contribution in [2.75, 3.05) is 19.6 Å². The van der Waals surface area contributed by atoms with Crippen molar-refractivity contribution >= 4 is 42.1 Å². The molecule has 1 aliphatic rings. The molecule has 0 saturated carbocycles. The van der Waals surface area contributed by atoms with Crippen molar-refractivity contribution < 1.29 is 4.79 Å². The summed E-state index contributed by atoms with van der Waals surface area (Å²) in [5, 5.41) is 7.21. The van der Waals surface area contributed by atoms with Crippen LogP contribution >= 0.6 is 36.2 Å². The normalized spacial score (nSPS) is 13.4. The molecule has 3 rings (SSSR count). The zero-order valence-electron chi connectivity index (χ0n) is 12.9. The van der Waals surface area contributed by atoms with Crippen molar-refractivity contribution in [1.82, 2.24) is 15.6 Å². The maximum Gasteiger partial charge on any atom is 0.263 e. The Morgan fingerprint density at radius 2 is 2.00 bits per heavy atom. The number of nitrogens with one attached hydrogen (secondary N) is 2. The number of amides is 1. The quantitative estimate of drug-likeness (QED) is 0.846. The van der Waals surface area contributed by atoms with Crippen LogP contribution in [0, 0.1) is 12.8 Å². The van der Waals surface area contributed by atoms with E-state index in [0.29, 0.717) is 5.92 Å². The number of aromatic nitrogens is 1. The summed E-state index contributed by atoms with van der Waals surface area (Å²) in [5.74, 6) is 0.585. The molecular formula is C16H21Cl2N3OS. The van der Waals surface area contributed by atoms with Gasteiger partial charge in [-0.3, -0.25) is 4.79 Å². The molecule has 7 heteroatoms. The van der Waals surface area contributed by atoms with E-state index in [1.54, 1.807) is 0 Å². The zero-order valence-corrected chi connectivity index (χ0v) is 15.3. The number of carbonyl (C=O) groups is 1. The van der Waals surface area contributed by atoms with Crippen LogP contribution in [0.4, 0.5) is 0 Å². The topological polar surface area (TPSA) is 54.0 Å². The summed E-state index contributed by atoms with van der Waals surface area (Å²) in [4.78, 5) is 17.5. The van der Waals surface area contributed by atoms with Gasteiger partial charge in [-0.2, -0.15) is 0 Å². The molecule has 1 aliphatic heterocycles. The second kappa shape index (κ2) is 9.23. The summed E-state index contributed by atoms with van der Waals surface area (Å²) in [6.45, 7) is 4.66. The van der Waals surface area contributed by atoms with Gasteiger partial charge in [0.25, 0.3) is 5.91 Å². The van der Waals surface area contributed by atoms with E-state index in [0.717, 1.165) is 41.6 Å². The van der Waals surface area contributed by atoms with E-state index in [1.807, 2.05) is 25.1 Å². The van der Waals surface area contributed by atoms with Crippen LogP contribution in [0.3, 0.4) is 0 Å². The van der Waals surface area contributed by atoms with Crippen LogP contribution in [0.2, 0.25) is 0 Å². The maximum absolute atomic E-state index is 12.2. The summed E-state index contributed by atoms with van der Waals surface area (Å²) in [6.07, 6.45) is 0.784. The van der Waals surface area contributed by atoms with E-state index in [-0.39, 0.29) is 30.7 Å². The first-order valence-corrected chi connectivity index (χ1v) is 8.03. The second-order valence-electron chi connectivity index (χ2n) is 5.42. The minimum atomic E-state index is 0. The van der Waals surface area contributed by atoms with Crippen molar-refractivity contribution in [3.05, 3.63) is 51.5 Å². The smallest absolute Gasteiger partial charge is 0.263 e. The third-order valence-corrected chi connectivity index (χ3v) is 4.82. The Morgan fingerprint density at radius 1 is 1.30 bits per heavy atom. The molecule has 4 nitrogen and oxygen atoms in total. The number of thiazole rings is 1. The summed E-state index contributed by atoms with van der Waals surface area (Å²) in [7, 11) is 0. The van der Waals surface area contributed by atoms with Gasteiger partial charge in [0.1, 0.15) is 4.88 Å². The highest BCUT2D eigenvalue weighted by molar-refractivity contribution is 7.13. The summed E-state index contributed by atoms with van der Waals surface area (Å²) in [5.41, 5.74) is 2.05. The van der Waals surface area contributed by atoms with Crippen molar-refractivity contribution in [3.8, 4) is 0 Å². The molecule has 1 aromatic heterocycles. The highest BCUT2D eigenvalue weighted by atomic mass is 35.5. The molecule has 0 atom stereocenters. The average molecular weight is 374 g/mol. The van der Waals surface area contributed by atoms with Gasteiger partial charge in [0.05, 0.1) is 10.7 Å². The molecule has 23 heavy (non-hydrogen) atoms. The molecule has 1 amide bonds. The lowest BCUT2D eigenvalue weighted by Crippen LogP contribution is -2.48. The van der Waals surface area contributed by atoms with Gasteiger partial charge in [-0.25, -0.2) is 4.98 Å². The minimum Gasteiger partial charge on any atom is -0.351 e. The number of hydrogen-bond acceptors (Lipinski definition) is 4. The number of carbonyl (C=O) groups excluding carboxylic acids is 1. The van der Waals surface area contributed by atoms with E-state index in [4.69, 9.17) is 0 Å². The van der Waals surface area contributed by atoms with Gasteiger partial charge < -0.3 is 10.6 Å². The first-order valence-electron chi connectivity index (χ1n) is 7.21. The van der Waals surface area contributed by atoms with Crippen molar-refractivity contribution in [2.45, 2.75) is 13.3 Å². The third-order valence-electron chi connectivity index (χ3n) is 3.66. The number of hydrogen-bond donors (Lipinski definition) is 2. The largest absolute Gasteiger partial charge is 0.351 e. The highest BCUT2D eigenvalue weighted by Crippen LogP contribution is 2.21. The summed E-state index contributed by atoms with van der Waals surface area (Å²) < 4.78 is 0. The molecule has 2 N–H and O–H groups in total. The van der Waals surface area contributed by atoms with E-state index in [2.05, 4.69) is 27.8 Å². The summed E-state index contributed by atoms with van der Waals surface area (Å²) in [6, 6.07) is 10.2. The van der Waals surface area contributed by atoms with E-state index in [1.165, 1.54) is 16.9 Å². The van der Waals surface area contributed by atoms with Crippen LogP contribution in [-0.2, 0) is 6.42 Å². The lowest BCUT2D eigenvalue weighted by Gasteiger charge is -2.26. The molecule has 0 unspecified atom stereocenters. The number of rotatable bonds is 5. The lowest BCUT2D eigenvalue weighted by molar-refractivity contribution is 0.0945. The predicted molar refractivity (Wildman–Crippen MR) is 99.3 cm³/mol. The Bertz CT molecular complexity index is 630. The van der Waals surface area contributed by atoms with Crippen LogP contribution in [-0.4, -0.2) is 30.5 Å². The molecule has 2 heterocycles. The van der Waals surface area contributed by atoms with Gasteiger partial charge in [0.15, 0.2) is 0 Å². The monoisotopic (exact) mass is 373 g/mol. The molecule has 1 saturated heterocycles. The van der Waals surface area contributed by atoms with Crippen LogP contribution in [0.1, 0.15) is 25.9 Å². The Morgan fingerprint density at radius 3 is 2.61 bits per heavy atom. The Balaban J connectivity index is 0.00000132. The molecule has 0 aliphatic carbocycles. The Kier molecular flexibility index (Phi) is 7.99. The van der Waals surface area contributed by atoms with Gasteiger partial charge in [-0.05, 0) is 12.5 Å². The van der Waals surface area contributed by atoms with Gasteiger partial charge in [0, 0.05) is 32.0 Å². The van der Waals surface area contributed by atoms with Crippen LogP contribution in [0.15, 0.2) is 30.3 Å². The van der Waals surface area contributed by atoms with Crippen molar-refractivity contribution in [1.29, 1.82) is 0 Å². The van der Waals surface area contributed by atoms with Crippen molar-refractivity contribution in [2.24, 2.45) is 5.92 Å². The number of benzene rings is 1.